The van der Waals surface area contributed by atoms with Gasteiger partial charge in [-0.3, -0.25) is 0 Å². The second-order valence-corrected chi connectivity index (χ2v) is 10.3. The van der Waals surface area contributed by atoms with Gasteiger partial charge < -0.3 is 20.4 Å². The Morgan fingerprint density at radius 1 is 0.960 bits per heavy atom. The smallest absolute Gasteiger partial charge is 0.0933 e. The van der Waals surface area contributed by atoms with Crippen LogP contribution in [0.5, 0.6) is 0 Å². The molecule has 0 radical (unpaired) electrons. The summed E-state index contributed by atoms with van der Waals surface area (Å²) in [5, 5.41) is 41.0. The Labute approximate surface area is 151 Å². The first-order valence-corrected chi connectivity index (χ1v) is 10.4. The molecule has 4 aliphatic rings. The molecule has 4 fully saturated rings. The van der Waals surface area contributed by atoms with Gasteiger partial charge in [0.05, 0.1) is 18.3 Å². The number of hydrogen-bond acceptors (Lipinski definition) is 4. The molecule has 0 bridgehead atoms. The van der Waals surface area contributed by atoms with Crippen LogP contribution in [0.1, 0.15) is 65.2 Å². The first-order chi connectivity index (χ1) is 11.8. The minimum absolute atomic E-state index is 0.0197. The van der Waals surface area contributed by atoms with Crippen molar-refractivity contribution in [2.75, 3.05) is 13.2 Å². The van der Waals surface area contributed by atoms with Crippen LogP contribution >= 0.6 is 0 Å². The summed E-state index contributed by atoms with van der Waals surface area (Å²) in [6.07, 6.45) is 7.65. The molecule has 144 valence electrons. The molecule has 4 N–H and O–H groups in total. The number of rotatable bonds is 2. The quantitative estimate of drug-likeness (QED) is 0.615. The highest BCUT2D eigenvalue weighted by Crippen LogP contribution is 2.68. The minimum Gasteiger partial charge on any atom is -0.396 e. The molecule has 4 heteroatoms. The Morgan fingerprint density at radius 2 is 1.68 bits per heavy atom. The van der Waals surface area contributed by atoms with E-state index in [-0.39, 0.29) is 36.1 Å². The highest BCUT2D eigenvalue weighted by Gasteiger charge is 2.64. The summed E-state index contributed by atoms with van der Waals surface area (Å²) in [4.78, 5) is 0. The second kappa shape index (κ2) is 5.92. The van der Waals surface area contributed by atoms with Gasteiger partial charge in [-0.1, -0.05) is 13.8 Å². The van der Waals surface area contributed by atoms with Gasteiger partial charge in [0.2, 0.25) is 0 Å². The largest absolute Gasteiger partial charge is 0.396 e. The fraction of sp³-hybridized carbons (Fsp3) is 1.00. The van der Waals surface area contributed by atoms with Crippen LogP contribution in [0.15, 0.2) is 0 Å². The molecule has 9 atom stereocenters. The highest BCUT2D eigenvalue weighted by molar-refractivity contribution is 5.14. The molecule has 4 unspecified atom stereocenters. The average Bonchev–Trinajstić information content (AvgIpc) is 2.87. The Bertz CT molecular complexity index is 524. The Hall–Kier alpha value is -0.160. The van der Waals surface area contributed by atoms with Gasteiger partial charge in [-0.05, 0) is 80.5 Å². The topological polar surface area (TPSA) is 80.9 Å². The zero-order chi connectivity index (χ0) is 18.0. The number of aliphatic hydroxyl groups excluding tert-OH is 3. The summed E-state index contributed by atoms with van der Waals surface area (Å²) in [5.41, 5.74) is -0.857. The zero-order valence-corrected chi connectivity index (χ0v) is 15.8. The predicted octanol–water partition coefficient (Wildman–Crippen LogP) is 2.33. The van der Waals surface area contributed by atoms with E-state index in [1.54, 1.807) is 0 Å². The molecule has 0 aromatic rings. The maximum Gasteiger partial charge on any atom is 0.0933 e. The summed E-state index contributed by atoms with van der Waals surface area (Å²) in [6, 6.07) is 0. The lowest BCUT2D eigenvalue weighted by Gasteiger charge is -2.62. The molecule has 0 spiro atoms. The van der Waals surface area contributed by atoms with Crippen LogP contribution in [0.3, 0.4) is 0 Å². The third-order valence-electron chi connectivity index (χ3n) is 9.66. The molecule has 4 rings (SSSR count). The van der Waals surface area contributed by atoms with Crippen molar-refractivity contribution in [1.29, 1.82) is 0 Å². The molecule has 4 aliphatic carbocycles. The SMILES string of the molecule is C[C@]12CC(CO)C(O)CC1CC[C@@H]1[C@H]2CC[C@@]2(C)[C@H]1CCC2(O)CO. The van der Waals surface area contributed by atoms with Gasteiger partial charge in [0.15, 0.2) is 0 Å². The fourth-order valence-corrected chi connectivity index (χ4v) is 7.98. The monoisotopic (exact) mass is 352 g/mol. The highest BCUT2D eigenvalue weighted by atomic mass is 16.3. The summed E-state index contributed by atoms with van der Waals surface area (Å²) in [5.74, 6) is 2.34. The molecular formula is C21H36O4. The molecule has 0 aromatic carbocycles. The molecular weight excluding hydrogens is 316 g/mol. The van der Waals surface area contributed by atoms with Crippen molar-refractivity contribution >= 4 is 0 Å². The Balaban J connectivity index is 1.63. The number of aliphatic hydroxyl groups is 4. The standard InChI is InChI=1S/C21H36O4/c1-19-10-13(11-22)18(24)9-14(19)3-4-15-16(19)5-7-20(2)17(15)6-8-21(20,25)12-23/h13-18,22-25H,3-12H2,1-2H3/t13?,14?,15-,16-,17+,18?,19+,20+,21?/m1/s1. The summed E-state index contributed by atoms with van der Waals surface area (Å²) >= 11 is 0. The second-order valence-electron chi connectivity index (χ2n) is 10.3. The fourth-order valence-electron chi connectivity index (χ4n) is 7.98. The van der Waals surface area contributed by atoms with E-state index < -0.39 is 5.60 Å². The lowest BCUT2D eigenvalue weighted by atomic mass is 9.43. The van der Waals surface area contributed by atoms with Crippen molar-refractivity contribution in [3.63, 3.8) is 0 Å². The third kappa shape index (κ3) is 2.33. The summed E-state index contributed by atoms with van der Waals surface area (Å²) < 4.78 is 0. The maximum atomic E-state index is 11.0. The average molecular weight is 353 g/mol. The Kier molecular flexibility index (Phi) is 4.31. The molecule has 0 aromatic heterocycles. The van der Waals surface area contributed by atoms with Gasteiger partial charge in [-0.2, -0.15) is 0 Å². The van der Waals surface area contributed by atoms with Crippen LogP contribution in [0, 0.1) is 40.4 Å². The third-order valence-corrected chi connectivity index (χ3v) is 9.66. The number of fused-ring (bicyclic) bond motifs is 5. The molecule has 0 amide bonds. The summed E-state index contributed by atoms with van der Waals surface area (Å²) in [7, 11) is 0. The van der Waals surface area contributed by atoms with Crippen LogP contribution in [0.2, 0.25) is 0 Å². The van der Waals surface area contributed by atoms with Crippen molar-refractivity contribution in [3.05, 3.63) is 0 Å². The van der Waals surface area contributed by atoms with Gasteiger partial charge in [-0.15, -0.1) is 0 Å². The van der Waals surface area contributed by atoms with E-state index >= 15 is 0 Å². The van der Waals surface area contributed by atoms with E-state index in [1.807, 2.05) is 0 Å². The molecule has 4 nitrogen and oxygen atoms in total. The van der Waals surface area contributed by atoms with Crippen LogP contribution in [0.4, 0.5) is 0 Å². The van der Waals surface area contributed by atoms with Crippen LogP contribution in [-0.4, -0.2) is 45.3 Å². The van der Waals surface area contributed by atoms with Crippen LogP contribution in [0.25, 0.3) is 0 Å². The number of hydrogen-bond donors (Lipinski definition) is 4. The van der Waals surface area contributed by atoms with Crippen molar-refractivity contribution in [2.45, 2.75) is 76.9 Å². The molecule has 25 heavy (non-hydrogen) atoms. The zero-order valence-electron chi connectivity index (χ0n) is 15.8. The van der Waals surface area contributed by atoms with Crippen LogP contribution < -0.4 is 0 Å². The lowest BCUT2D eigenvalue weighted by molar-refractivity contribution is -0.177. The van der Waals surface area contributed by atoms with Crippen molar-refractivity contribution in [2.24, 2.45) is 40.4 Å². The Morgan fingerprint density at radius 3 is 2.36 bits per heavy atom. The minimum atomic E-state index is -0.906. The van der Waals surface area contributed by atoms with Crippen molar-refractivity contribution in [1.82, 2.24) is 0 Å². The lowest BCUT2D eigenvalue weighted by Crippen LogP contribution is -2.58. The normalized spacial score (nSPS) is 58.3. The predicted molar refractivity (Wildman–Crippen MR) is 95.7 cm³/mol. The van der Waals surface area contributed by atoms with Gasteiger partial charge >= 0.3 is 0 Å². The van der Waals surface area contributed by atoms with E-state index in [2.05, 4.69) is 13.8 Å². The molecule has 0 aliphatic heterocycles. The molecule has 0 saturated heterocycles. The van der Waals surface area contributed by atoms with E-state index in [9.17, 15) is 20.4 Å². The summed E-state index contributed by atoms with van der Waals surface area (Å²) in [6.45, 7) is 4.61. The van der Waals surface area contributed by atoms with E-state index in [4.69, 9.17) is 0 Å². The van der Waals surface area contributed by atoms with E-state index in [0.717, 1.165) is 44.9 Å². The van der Waals surface area contributed by atoms with Gasteiger partial charge in [-0.25, -0.2) is 0 Å². The first kappa shape index (κ1) is 18.2. The van der Waals surface area contributed by atoms with Crippen LogP contribution in [-0.2, 0) is 0 Å². The maximum absolute atomic E-state index is 11.0. The van der Waals surface area contributed by atoms with Gasteiger partial charge in [0, 0.05) is 17.9 Å². The molecule has 4 saturated carbocycles. The van der Waals surface area contributed by atoms with Crippen molar-refractivity contribution < 1.29 is 20.4 Å². The van der Waals surface area contributed by atoms with Gasteiger partial charge in [0.25, 0.3) is 0 Å². The molecule has 0 heterocycles. The van der Waals surface area contributed by atoms with Gasteiger partial charge in [0.1, 0.15) is 0 Å². The first-order valence-electron chi connectivity index (χ1n) is 10.4. The van der Waals surface area contributed by atoms with E-state index in [0.29, 0.717) is 23.7 Å². The van der Waals surface area contributed by atoms with E-state index in [1.165, 1.54) is 6.42 Å². The van der Waals surface area contributed by atoms with Crippen molar-refractivity contribution in [3.8, 4) is 0 Å².